The number of hydrogen-bond donors (Lipinski definition) is 2. The number of benzene rings is 1. The molecule has 1 aromatic rings. The predicted octanol–water partition coefficient (Wildman–Crippen LogP) is 4.38. The van der Waals surface area contributed by atoms with Crippen molar-refractivity contribution in [3.8, 4) is 0 Å². The lowest BCUT2D eigenvalue weighted by atomic mass is 9.72. The molecule has 1 saturated carbocycles. The van der Waals surface area contributed by atoms with Crippen molar-refractivity contribution in [3.63, 3.8) is 0 Å². The Bertz CT molecular complexity index is 648. The Morgan fingerprint density at radius 1 is 1.19 bits per heavy atom. The summed E-state index contributed by atoms with van der Waals surface area (Å²) in [5.41, 5.74) is 1.06. The third-order valence-electron chi connectivity index (χ3n) is 5.35. The van der Waals surface area contributed by atoms with E-state index in [1.165, 1.54) is 0 Å². The number of carbonyl (C=O) groups excluding carboxylic acids is 1. The first-order chi connectivity index (χ1) is 12.1. The molecule has 0 heterocycles. The second-order valence-electron chi connectivity index (χ2n) is 8.36. The minimum atomic E-state index is -1.11. The van der Waals surface area contributed by atoms with E-state index in [9.17, 15) is 14.7 Å². The van der Waals surface area contributed by atoms with Gasteiger partial charge in [-0.1, -0.05) is 70.2 Å². The van der Waals surface area contributed by atoms with Crippen molar-refractivity contribution >= 4 is 12.1 Å². The summed E-state index contributed by atoms with van der Waals surface area (Å²) >= 11 is 0. The quantitative estimate of drug-likeness (QED) is 0.739. The van der Waals surface area contributed by atoms with Crippen LogP contribution in [0.5, 0.6) is 0 Å². The van der Waals surface area contributed by atoms with Gasteiger partial charge >= 0.3 is 12.1 Å². The van der Waals surface area contributed by atoms with Gasteiger partial charge in [0.2, 0.25) is 0 Å². The first-order valence-electron chi connectivity index (χ1n) is 9.00. The molecule has 1 atom stereocenters. The van der Waals surface area contributed by atoms with Crippen LogP contribution in [0.25, 0.3) is 0 Å². The number of carbonyl (C=O) groups is 2. The van der Waals surface area contributed by atoms with Crippen LogP contribution >= 0.6 is 0 Å². The van der Waals surface area contributed by atoms with Crippen LogP contribution in [0.2, 0.25) is 0 Å². The molecule has 0 spiro atoms. The Labute approximate surface area is 155 Å². The van der Waals surface area contributed by atoms with Gasteiger partial charge in [-0.3, -0.25) is 0 Å². The monoisotopic (exact) mass is 359 g/mol. The Hall–Kier alpha value is -2.30. The molecule has 0 saturated heterocycles. The summed E-state index contributed by atoms with van der Waals surface area (Å²) in [5, 5.41) is 11.8. The van der Waals surface area contributed by atoms with Crippen molar-refractivity contribution in [2.24, 2.45) is 16.7 Å². The smallest absolute Gasteiger partial charge is 0.408 e. The summed E-state index contributed by atoms with van der Waals surface area (Å²) in [5.74, 6) is -0.856. The first-order valence-corrected chi connectivity index (χ1v) is 9.00. The van der Waals surface area contributed by atoms with Gasteiger partial charge in [0, 0.05) is 0 Å². The lowest BCUT2D eigenvalue weighted by Crippen LogP contribution is -2.40. The molecule has 5 heteroatoms. The molecular formula is C21H29NO4. The molecule has 0 aromatic heterocycles. The summed E-state index contributed by atoms with van der Waals surface area (Å²) in [7, 11) is 0. The Kier molecular flexibility index (Phi) is 6.11. The van der Waals surface area contributed by atoms with E-state index in [4.69, 9.17) is 4.74 Å². The van der Waals surface area contributed by atoms with Gasteiger partial charge in [0.1, 0.15) is 12.6 Å². The van der Waals surface area contributed by atoms with Gasteiger partial charge < -0.3 is 15.2 Å². The van der Waals surface area contributed by atoms with Crippen molar-refractivity contribution in [2.45, 2.75) is 53.2 Å². The fourth-order valence-corrected chi connectivity index (χ4v) is 3.84. The zero-order chi connectivity index (χ0) is 19.4. The van der Waals surface area contributed by atoms with E-state index in [1.54, 1.807) is 6.08 Å². The summed E-state index contributed by atoms with van der Waals surface area (Å²) in [6.07, 6.45) is 4.98. The van der Waals surface area contributed by atoms with Crippen molar-refractivity contribution in [3.05, 3.63) is 48.0 Å². The zero-order valence-electron chi connectivity index (χ0n) is 16.0. The van der Waals surface area contributed by atoms with Gasteiger partial charge in [-0.25, -0.2) is 9.59 Å². The van der Waals surface area contributed by atoms with Crippen molar-refractivity contribution in [2.75, 3.05) is 0 Å². The summed E-state index contributed by atoms with van der Waals surface area (Å²) in [6.45, 7) is 8.91. The number of nitrogens with one attached hydrogen (secondary N) is 1. The zero-order valence-corrected chi connectivity index (χ0v) is 16.0. The van der Waals surface area contributed by atoms with Crippen molar-refractivity contribution in [1.82, 2.24) is 5.32 Å². The van der Waals surface area contributed by atoms with Crippen LogP contribution in [-0.2, 0) is 16.1 Å². The van der Waals surface area contributed by atoms with E-state index in [-0.39, 0.29) is 23.4 Å². The van der Waals surface area contributed by atoms with Crippen LogP contribution in [0.1, 0.15) is 46.1 Å². The number of hydrogen-bond acceptors (Lipinski definition) is 3. The Morgan fingerprint density at radius 2 is 1.77 bits per heavy atom. The fraction of sp³-hybridized carbons (Fsp3) is 0.524. The summed E-state index contributed by atoms with van der Waals surface area (Å²) in [6, 6.07) is 8.15. The van der Waals surface area contributed by atoms with Crippen molar-refractivity contribution < 1.29 is 19.4 Å². The molecule has 1 amide bonds. The molecule has 1 unspecified atom stereocenters. The van der Waals surface area contributed by atoms with Gasteiger partial charge in [0.05, 0.1) is 0 Å². The minimum absolute atomic E-state index is 0.103. The maximum Gasteiger partial charge on any atom is 0.408 e. The largest absolute Gasteiger partial charge is 0.479 e. The number of ether oxygens (including phenoxy) is 1. The van der Waals surface area contributed by atoms with Gasteiger partial charge in [0.15, 0.2) is 0 Å². The van der Waals surface area contributed by atoms with Gasteiger partial charge in [-0.15, -0.1) is 0 Å². The van der Waals surface area contributed by atoms with Crippen LogP contribution in [0, 0.1) is 16.7 Å². The SMILES string of the molecule is CC1(C)CCC(C)(C)C1C=CC(NC(=O)OCc1ccccc1)C(=O)O. The highest BCUT2D eigenvalue weighted by molar-refractivity contribution is 5.81. The molecule has 0 aliphatic heterocycles. The molecule has 0 radical (unpaired) electrons. The normalized spacial score (nSPS) is 20.0. The number of amides is 1. The second kappa shape index (κ2) is 7.94. The third-order valence-corrected chi connectivity index (χ3v) is 5.35. The molecule has 5 nitrogen and oxygen atoms in total. The number of rotatable bonds is 6. The van der Waals surface area contributed by atoms with Crippen LogP contribution in [0.15, 0.2) is 42.5 Å². The van der Waals surface area contributed by atoms with E-state index in [0.29, 0.717) is 0 Å². The van der Waals surface area contributed by atoms with E-state index >= 15 is 0 Å². The van der Waals surface area contributed by atoms with Crippen LogP contribution in [0.3, 0.4) is 0 Å². The van der Waals surface area contributed by atoms with Gasteiger partial charge in [0.25, 0.3) is 0 Å². The molecule has 1 fully saturated rings. The molecule has 26 heavy (non-hydrogen) atoms. The number of aliphatic carboxylic acids is 1. The van der Waals surface area contributed by atoms with Crippen LogP contribution < -0.4 is 5.32 Å². The maximum absolute atomic E-state index is 12.0. The number of allylic oxidation sites excluding steroid dienone is 1. The fourth-order valence-electron chi connectivity index (χ4n) is 3.84. The molecule has 2 N–H and O–H groups in total. The van der Waals surface area contributed by atoms with E-state index < -0.39 is 18.1 Å². The lowest BCUT2D eigenvalue weighted by molar-refractivity contribution is -0.138. The average Bonchev–Trinajstić information content (AvgIpc) is 2.79. The van der Waals surface area contributed by atoms with E-state index in [0.717, 1.165) is 18.4 Å². The average molecular weight is 359 g/mol. The van der Waals surface area contributed by atoms with E-state index in [2.05, 4.69) is 33.0 Å². The van der Waals surface area contributed by atoms with Gasteiger partial charge in [-0.2, -0.15) is 0 Å². The van der Waals surface area contributed by atoms with Crippen LogP contribution in [0.4, 0.5) is 4.79 Å². The molecule has 2 rings (SSSR count). The summed E-state index contributed by atoms with van der Waals surface area (Å²) in [4.78, 5) is 23.5. The third kappa shape index (κ3) is 5.10. The molecule has 0 bridgehead atoms. The molecular weight excluding hydrogens is 330 g/mol. The Morgan fingerprint density at radius 3 is 2.31 bits per heavy atom. The first kappa shape index (κ1) is 20.0. The Balaban J connectivity index is 1.98. The van der Waals surface area contributed by atoms with Gasteiger partial charge in [-0.05, 0) is 35.2 Å². The molecule has 142 valence electrons. The minimum Gasteiger partial charge on any atom is -0.479 e. The predicted molar refractivity (Wildman–Crippen MR) is 101 cm³/mol. The number of alkyl carbamates (subject to hydrolysis) is 1. The highest BCUT2D eigenvalue weighted by Crippen LogP contribution is 2.54. The summed E-state index contributed by atoms with van der Waals surface area (Å²) < 4.78 is 5.12. The highest BCUT2D eigenvalue weighted by atomic mass is 16.5. The maximum atomic E-state index is 12.0. The highest BCUT2D eigenvalue weighted by Gasteiger charge is 2.45. The molecule has 1 aliphatic carbocycles. The lowest BCUT2D eigenvalue weighted by Gasteiger charge is -2.33. The standard InChI is InChI=1S/C21H29NO4/c1-20(2)12-13-21(3,4)17(20)11-10-16(18(23)24)22-19(25)26-14-15-8-6-5-7-9-15/h5-11,16-17H,12-14H2,1-4H3,(H,22,25)(H,23,24). The molecule has 1 aromatic carbocycles. The number of carboxylic acid groups (broad SMARTS) is 1. The van der Waals surface area contributed by atoms with Crippen LogP contribution in [-0.4, -0.2) is 23.2 Å². The number of carboxylic acids is 1. The molecule has 1 aliphatic rings. The van der Waals surface area contributed by atoms with E-state index in [1.807, 2.05) is 36.4 Å². The van der Waals surface area contributed by atoms with Crippen molar-refractivity contribution in [1.29, 1.82) is 0 Å². The topological polar surface area (TPSA) is 75.6 Å². The second-order valence-corrected chi connectivity index (χ2v) is 8.36.